The molecule has 7 nitrogen and oxygen atoms in total. The number of nitrogen functional groups attached to an aromatic ring is 1. The first-order valence-electron chi connectivity index (χ1n) is 6.29. The molecule has 1 unspecified atom stereocenters. The van der Waals surface area contributed by atoms with Gasteiger partial charge in [0.2, 0.25) is 5.91 Å². The van der Waals surface area contributed by atoms with Crippen LogP contribution in [0.15, 0.2) is 0 Å². The van der Waals surface area contributed by atoms with Crippen molar-refractivity contribution >= 4 is 17.7 Å². The number of nitrogens with one attached hydrogen (secondary N) is 1. The normalized spacial score (nSPS) is 18.4. The highest BCUT2D eigenvalue weighted by atomic mass is 16.5. The molecule has 0 spiro atoms. The Morgan fingerprint density at radius 2 is 2.37 bits per heavy atom. The van der Waals surface area contributed by atoms with Gasteiger partial charge in [-0.05, 0) is 6.42 Å². The van der Waals surface area contributed by atoms with Crippen LogP contribution in [-0.4, -0.2) is 34.6 Å². The van der Waals surface area contributed by atoms with Crippen molar-refractivity contribution in [1.82, 2.24) is 14.9 Å². The maximum absolute atomic E-state index is 11.6. The number of methoxy groups -OCH3 is 1. The Balaban J connectivity index is 2.25. The molecule has 2 heterocycles. The van der Waals surface area contributed by atoms with Gasteiger partial charge in [-0.1, -0.05) is 6.92 Å². The predicted molar refractivity (Wildman–Crippen MR) is 68.5 cm³/mol. The molecule has 1 aromatic heterocycles. The number of ether oxygens (including phenoxy) is 1. The summed E-state index contributed by atoms with van der Waals surface area (Å²) in [6.07, 6.45) is 1.96. The second kappa shape index (κ2) is 5.29. The van der Waals surface area contributed by atoms with E-state index in [2.05, 4.69) is 15.0 Å². The van der Waals surface area contributed by atoms with E-state index in [-0.39, 0.29) is 17.6 Å². The number of nitrogens with two attached hydrogens (primary N) is 1. The van der Waals surface area contributed by atoms with Crippen LogP contribution < -0.4 is 11.1 Å². The van der Waals surface area contributed by atoms with E-state index < -0.39 is 5.97 Å². The lowest BCUT2D eigenvalue weighted by atomic mass is 10.2. The Bertz CT molecular complexity index is 509. The Labute approximate surface area is 111 Å². The van der Waals surface area contributed by atoms with Crippen molar-refractivity contribution in [2.24, 2.45) is 0 Å². The summed E-state index contributed by atoms with van der Waals surface area (Å²) in [5.74, 6) is 0.528. The lowest BCUT2D eigenvalue weighted by Crippen LogP contribution is -2.30. The zero-order valence-corrected chi connectivity index (χ0v) is 11.1. The highest BCUT2D eigenvalue weighted by Gasteiger charge is 2.25. The van der Waals surface area contributed by atoms with Crippen molar-refractivity contribution in [2.45, 2.75) is 38.8 Å². The van der Waals surface area contributed by atoms with Crippen LogP contribution in [0.5, 0.6) is 0 Å². The number of aryl methyl sites for hydroxylation is 1. The fourth-order valence-corrected chi connectivity index (χ4v) is 2.27. The van der Waals surface area contributed by atoms with Gasteiger partial charge in [-0.25, -0.2) is 9.78 Å². The minimum Gasteiger partial charge on any atom is -0.464 e. The fraction of sp³-hybridized carbons (Fsp3) is 0.583. The molecule has 0 bridgehead atoms. The van der Waals surface area contributed by atoms with Crippen molar-refractivity contribution in [1.29, 1.82) is 0 Å². The van der Waals surface area contributed by atoms with Crippen LogP contribution in [-0.2, 0) is 22.5 Å². The molecule has 1 amide bonds. The van der Waals surface area contributed by atoms with E-state index in [9.17, 15) is 9.59 Å². The van der Waals surface area contributed by atoms with Gasteiger partial charge in [0, 0.05) is 25.4 Å². The first kappa shape index (κ1) is 13.4. The SMILES string of the molecule is CCc1nc(C(=O)OC)c(N)n1CC1CCC(=O)N1. The lowest BCUT2D eigenvalue weighted by molar-refractivity contribution is -0.119. The van der Waals surface area contributed by atoms with E-state index in [1.807, 2.05) is 6.92 Å². The number of anilines is 1. The van der Waals surface area contributed by atoms with Gasteiger partial charge in [0.05, 0.1) is 7.11 Å². The van der Waals surface area contributed by atoms with Crippen molar-refractivity contribution in [3.63, 3.8) is 0 Å². The number of rotatable bonds is 4. The molecule has 2 rings (SSSR count). The third-order valence-corrected chi connectivity index (χ3v) is 3.27. The molecule has 0 radical (unpaired) electrons. The van der Waals surface area contributed by atoms with Gasteiger partial charge in [-0.3, -0.25) is 4.79 Å². The van der Waals surface area contributed by atoms with Gasteiger partial charge < -0.3 is 20.4 Å². The van der Waals surface area contributed by atoms with Gasteiger partial charge in [-0.15, -0.1) is 0 Å². The molecule has 1 fully saturated rings. The summed E-state index contributed by atoms with van der Waals surface area (Å²) in [7, 11) is 1.30. The maximum atomic E-state index is 11.6. The van der Waals surface area contributed by atoms with E-state index in [0.29, 0.717) is 25.2 Å². The molecule has 1 atom stereocenters. The quantitative estimate of drug-likeness (QED) is 0.753. The van der Waals surface area contributed by atoms with E-state index in [4.69, 9.17) is 5.73 Å². The predicted octanol–water partition coefficient (Wildman–Crippen LogP) is 0.0929. The fourth-order valence-electron chi connectivity index (χ4n) is 2.27. The number of aromatic nitrogens is 2. The second-order valence-corrected chi connectivity index (χ2v) is 4.52. The smallest absolute Gasteiger partial charge is 0.360 e. The van der Waals surface area contributed by atoms with Crippen LogP contribution in [0.2, 0.25) is 0 Å². The summed E-state index contributed by atoms with van der Waals surface area (Å²) in [5, 5.41) is 2.87. The molecule has 0 saturated carbocycles. The molecule has 0 aliphatic carbocycles. The number of imidazole rings is 1. The summed E-state index contributed by atoms with van der Waals surface area (Å²) in [5.41, 5.74) is 6.10. The molecule has 19 heavy (non-hydrogen) atoms. The lowest BCUT2D eigenvalue weighted by Gasteiger charge is -2.14. The highest BCUT2D eigenvalue weighted by Crippen LogP contribution is 2.19. The number of nitrogens with zero attached hydrogens (tertiary/aromatic N) is 2. The number of hydrogen-bond donors (Lipinski definition) is 2. The number of carbonyl (C=O) groups excluding carboxylic acids is 2. The van der Waals surface area contributed by atoms with Gasteiger partial charge in [-0.2, -0.15) is 0 Å². The van der Waals surface area contributed by atoms with E-state index in [1.165, 1.54) is 7.11 Å². The first-order chi connectivity index (χ1) is 9.06. The molecule has 1 saturated heterocycles. The van der Waals surface area contributed by atoms with Crippen molar-refractivity contribution in [3.05, 3.63) is 11.5 Å². The van der Waals surface area contributed by atoms with Crippen LogP contribution >= 0.6 is 0 Å². The molecule has 104 valence electrons. The van der Waals surface area contributed by atoms with Gasteiger partial charge in [0.15, 0.2) is 5.69 Å². The van der Waals surface area contributed by atoms with Crippen LogP contribution in [0.3, 0.4) is 0 Å². The molecule has 1 aliphatic rings. The van der Waals surface area contributed by atoms with Gasteiger partial charge >= 0.3 is 5.97 Å². The zero-order valence-electron chi connectivity index (χ0n) is 11.1. The number of amides is 1. The number of carbonyl (C=O) groups is 2. The topological polar surface area (TPSA) is 99.2 Å². The largest absolute Gasteiger partial charge is 0.464 e. The first-order valence-corrected chi connectivity index (χ1v) is 6.29. The maximum Gasteiger partial charge on any atom is 0.360 e. The average molecular weight is 266 g/mol. The summed E-state index contributed by atoms with van der Waals surface area (Å²) in [6, 6.07) is 0.0415. The van der Waals surface area contributed by atoms with E-state index in [1.54, 1.807) is 4.57 Å². The van der Waals surface area contributed by atoms with Crippen LogP contribution in [0.25, 0.3) is 0 Å². The Morgan fingerprint density at radius 3 is 2.89 bits per heavy atom. The van der Waals surface area contributed by atoms with Gasteiger partial charge in [0.1, 0.15) is 11.6 Å². The summed E-state index contributed by atoms with van der Waals surface area (Å²) < 4.78 is 6.43. The van der Waals surface area contributed by atoms with Crippen LogP contribution in [0, 0.1) is 0 Å². The minimum atomic E-state index is -0.540. The summed E-state index contributed by atoms with van der Waals surface area (Å²) >= 11 is 0. The monoisotopic (exact) mass is 266 g/mol. The van der Waals surface area contributed by atoms with Crippen molar-refractivity contribution < 1.29 is 14.3 Å². The molecular formula is C12H18N4O3. The summed E-state index contributed by atoms with van der Waals surface area (Å²) in [6.45, 7) is 2.47. The molecule has 0 aromatic carbocycles. The third-order valence-electron chi connectivity index (χ3n) is 3.27. The minimum absolute atomic E-state index is 0.0415. The van der Waals surface area contributed by atoms with E-state index >= 15 is 0 Å². The van der Waals surface area contributed by atoms with Gasteiger partial charge in [0.25, 0.3) is 0 Å². The Morgan fingerprint density at radius 1 is 1.63 bits per heavy atom. The second-order valence-electron chi connectivity index (χ2n) is 4.52. The zero-order chi connectivity index (χ0) is 14.0. The Hall–Kier alpha value is -2.05. The summed E-state index contributed by atoms with van der Waals surface area (Å²) in [4.78, 5) is 27.0. The number of esters is 1. The molecule has 1 aliphatic heterocycles. The van der Waals surface area contributed by atoms with Crippen molar-refractivity contribution in [3.8, 4) is 0 Å². The standard InChI is InChI=1S/C12H18N4O3/c1-3-8-15-10(12(18)19-2)11(13)16(8)6-7-4-5-9(17)14-7/h7H,3-6,13H2,1-2H3,(H,14,17). The highest BCUT2D eigenvalue weighted by molar-refractivity contribution is 5.92. The van der Waals surface area contributed by atoms with Crippen LogP contribution in [0.4, 0.5) is 5.82 Å². The molecule has 7 heteroatoms. The average Bonchev–Trinajstić information content (AvgIpc) is 2.94. The Kier molecular flexibility index (Phi) is 3.73. The molecule has 1 aromatic rings. The molecule has 3 N–H and O–H groups in total. The molecular weight excluding hydrogens is 248 g/mol. The van der Waals surface area contributed by atoms with Crippen molar-refractivity contribution in [2.75, 3.05) is 12.8 Å². The third kappa shape index (κ3) is 2.54. The van der Waals surface area contributed by atoms with Crippen LogP contribution in [0.1, 0.15) is 36.1 Å². The van der Waals surface area contributed by atoms with E-state index in [0.717, 1.165) is 12.2 Å². The number of hydrogen-bond acceptors (Lipinski definition) is 5.